The molecule has 1 N–H and O–H groups in total. The van der Waals surface area contributed by atoms with Crippen molar-refractivity contribution in [3.63, 3.8) is 0 Å². The first-order valence-corrected chi connectivity index (χ1v) is 1.99. The number of unbranched alkanes of at least 4 members (excludes halogenated alkanes) is 1. The lowest BCUT2D eigenvalue weighted by Crippen LogP contribution is -1.78. The van der Waals surface area contributed by atoms with Crippen molar-refractivity contribution in [2.45, 2.75) is 12.8 Å². The van der Waals surface area contributed by atoms with Crippen molar-refractivity contribution in [2.24, 2.45) is 0 Å². The Bertz CT molecular complexity index is 36.5. The summed E-state index contributed by atoms with van der Waals surface area (Å²) in [5.41, 5.74) is 0. The monoisotopic (exact) mass is 86.1 g/mol. The second-order valence-corrected chi connectivity index (χ2v) is 1.05. The third kappa shape index (κ3) is 3.63. The van der Waals surface area contributed by atoms with Gasteiger partial charge < -0.3 is 5.41 Å². The van der Waals surface area contributed by atoms with Crippen LogP contribution in [0.25, 0.3) is 0 Å². The molecule has 0 heterocycles. The Kier molecular flexibility index (Phi) is 4.34. The zero-order valence-corrected chi connectivity index (χ0v) is 3.61. The largest absolute Gasteiger partial charge is 0.313 e. The minimum absolute atomic E-state index is 0.0463. The van der Waals surface area contributed by atoms with E-state index in [1.807, 2.05) is 0 Å². The molecule has 0 saturated heterocycles. The third-order valence-corrected chi connectivity index (χ3v) is 0.493. The molecule has 0 rings (SSSR count). The number of hydrogen-bond donors (Lipinski definition) is 1. The van der Waals surface area contributed by atoms with Crippen LogP contribution in [0.1, 0.15) is 12.8 Å². The van der Waals surface area contributed by atoms with Crippen LogP contribution in [0.15, 0.2) is 0 Å². The maximum Gasteiger partial charge on any atom is 0.0825 e. The van der Waals surface area contributed by atoms with Gasteiger partial charge in [0.1, 0.15) is 0 Å². The Balaban J connectivity index is 2.49. The highest BCUT2D eigenvalue weighted by Gasteiger charge is 1.75. The summed E-state index contributed by atoms with van der Waals surface area (Å²) >= 11 is 0. The van der Waals surface area contributed by atoms with E-state index in [0.29, 0.717) is 12.8 Å². The molecule has 0 fully saturated rings. The molecule has 1 radical (unpaired) electrons. The molecule has 6 heavy (non-hydrogen) atoms. The summed E-state index contributed by atoms with van der Waals surface area (Å²) in [6.07, 6.45) is 2.52. The van der Waals surface area contributed by atoms with Gasteiger partial charge in [-0.2, -0.15) is 0 Å². The summed E-state index contributed by atoms with van der Waals surface area (Å²) in [5, 5.41) is 16.0. The first-order valence-electron chi connectivity index (χ1n) is 1.99. The summed E-state index contributed by atoms with van der Waals surface area (Å²) in [7, 11) is 0. The topological polar surface area (TPSA) is 43.8 Å². The molecule has 0 aliphatic carbocycles. The molecule has 0 aromatic carbocycles. The summed E-state index contributed by atoms with van der Waals surface area (Å²) in [4.78, 5) is 0. The summed E-state index contributed by atoms with van der Waals surface area (Å²) in [6.45, 7) is -0.0463. The lowest BCUT2D eigenvalue weighted by Gasteiger charge is -1.78. The molecule has 2 nitrogen and oxygen atoms in total. The van der Waals surface area contributed by atoms with E-state index < -0.39 is 0 Å². The van der Waals surface area contributed by atoms with Crippen LogP contribution in [0.4, 0.5) is 0 Å². The van der Waals surface area contributed by atoms with E-state index in [1.165, 1.54) is 6.21 Å². The molecule has 0 atom stereocenters. The fourth-order valence-electron chi connectivity index (χ4n) is 0.185. The summed E-state index contributed by atoms with van der Waals surface area (Å²) < 4.78 is 0. The third-order valence-electron chi connectivity index (χ3n) is 0.493. The van der Waals surface area contributed by atoms with Gasteiger partial charge in [0.05, 0.1) is 6.61 Å². The average Bonchev–Trinajstić information content (AvgIpc) is 1.61. The molecule has 0 unspecified atom stereocenters. The van der Waals surface area contributed by atoms with Crippen LogP contribution in [-0.2, 0) is 5.11 Å². The second-order valence-electron chi connectivity index (χ2n) is 1.05. The van der Waals surface area contributed by atoms with Gasteiger partial charge in [-0.15, -0.1) is 0 Å². The Hall–Kier alpha value is -0.370. The zero-order chi connectivity index (χ0) is 4.83. The normalized spacial score (nSPS) is 8.17. The van der Waals surface area contributed by atoms with Gasteiger partial charge >= 0.3 is 0 Å². The molecular weight excluding hydrogens is 78.0 g/mol. The van der Waals surface area contributed by atoms with Crippen LogP contribution in [0.5, 0.6) is 0 Å². The summed E-state index contributed by atoms with van der Waals surface area (Å²) in [5.74, 6) is 0. The molecule has 0 amide bonds. The predicted molar refractivity (Wildman–Crippen MR) is 23.6 cm³/mol. The van der Waals surface area contributed by atoms with Gasteiger partial charge in [0.2, 0.25) is 0 Å². The van der Waals surface area contributed by atoms with Gasteiger partial charge in [-0.05, 0) is 19.1 Å². The fraction of sp³-hybridized carbons (Fsp3) is 0.750. The van der Waals surface area contributed by atoms with Crippen molar-refractivity contribution in [1.82, 2.24) is 0 Å². The molecule has 0 aromatic rings. The van der Waals surface area contributed by atoms with E-state index in [9.17, 15) is 5.11 Å². The van der Waals surface area contributed by atoms with Crippen molar-refractivity contribution < 1.29 is 5.11 Å². The zero-order valence-electron chi connectivity index (χ0n) is 3.61. The summed E-state index contributed by atoms with van der Waals surface area (Å²) in [6, 6.07) is 0. The standard InChI is InChI=1S/C4H8NO/c5-3-1-2-4-6/h3,5H,1-2,4H2. The van der Waals surface area contributed by atoms with Crippen LogP contribution < -0.4 is 0 Å². The molecule has 0 saturated carbocycles. The van der Waals surface area contributed by atoms with E-state index in [4.69, 9.17) is 5.41 Å². The maximum atomic E-state index is 9.59. The Morgan fingerprint density at radius 3 is 2.50 bits per heavy atom. The molecule has 0 spiro atoms. The van der Waals surface area contributed by atoms with Crippen molar-refractivity contribution in [3.05, 3.63) is 0 Å². The highest BCUT2D eigenvalue weighted by Crippen LogP contribution is 1.78. The van der Waals surface area contributed by atoms with Crippen LogP contribution >= 0.6 is 0 Å². The van der Waals surface area contributed by atoms with Crippen molar-refractivity contribution in [2.75, 3.05) is 6.61 Å². The molecule has 2 heteroatoms. The first kappa shape index (κ1) is 5.63. The highest BCUT2D eigenvalue weighted by molar-refractivity contribution is 5.52. The Labute approximate surface area is 37.3 Å². The number of nitrogens with one attached hydrogen (secondary N) is 1. The van der Waals surface area contributed by atoms with E-state index in [-0.39, 0.29) is 6.61 Å². The van der Waals surface area contributed by atoms with Crippen LogP contribution in [0, 0.1) is 5.41 Å². The van der Waals surface area contributed by atoms with Crippen LogP contribution in [0.2, 0.25) is 0 Å². The van der Waals surface area contributed by atoms with Gasteiger partial charge in [0.25, 0.3) is 0 Å². The molecule has 0 aliphatic rings. The molecular formula is C4H8NO. The van der Waals surface area contributed by atoms with Gasteiger partial charge in [-0.3, -0.25) is 0 Å². The highest BCUT2D eigenvalue weighted by atomic mass is 16.2. The fourth-order valence-corrected chi connectivity index (χ4v) is 0.185. The van der Waals surface area contributed by atoms with Gasteiger partial charge in [-0.1, -0.05) is 0 Å². The van der Waals surface area contributed by atoms with Crippen molar-refractivity contribution in [3.8, 4) is 0 Å². The molecule has 35 valence electrons. The van der Waals surface area contributed by atoms with Gasteiger partial charge in [0.15, 0.2) is 0 Å². The molecule has 0 bridgehead atoms. The smallest absolute Gasteiger partial charge is 0.0825 e. The predicted octanol–water partition coefficient (Wildman–Crippen LogP) is 0.847. The van der Waals surface area contributed by atoms with E-state index in [2.05, 4.69) is 0 Å². The Morgan fingerprint density at radius 1 is 1.67 bits per heavy atom. The second kappa shape index (κ2) is 4.63. The number of rotatable bonds is 3. The minimum Gasteiger partial charge on any atom is -0.313 e. The lowest BCUT2D eigenvalue weighted by molar-refractivity contribution is 0.191. The van der Waals surface area contributed by atoms with Gasteiger partial charge in [0, 0.05) is 0 Å². The quantitative estimate of drug-likeness (QED) is 0.391. The van der Waals surface area contributed by atoms with Crippen molar-refractivity contribution >= 4 is 6.21 Å². The average molecular weight is 86.1 g/mol. The SMILES string of the molecule is N=CCCC[O]. The Morgan fingerprint density at radius 2 is 2.33 bits per heavy atom. The van der Waals surface area contributed by atoms with E-state index in [1.54, 1.807) is 0 Å². The number of hydrogen-bond acceptors (Lipinski definition) is 1. The maximum absolute atomic E-state index is 9.59. The first-order chi connectivity index (χ1) is 2.91. The van der Waals surface area contributed by atoms with E-state index in [0.717, 1.165) is 0 Å². The van der Waals surface area contributed by atoms with E-state index >= 15 is 0 Å². The van der Waals surface area contributed by atoms with Gasteiger partial charge in [-0.25, -0.2) is 5.11 Å². The van der Waals surface area contributed by atoms with Crippen molar-refractivity contribution in [1.29, 1.82) is 5.41 Å². The minimum atomic E-state index is -0.0463. The van der Waals surface area contributed by atoms with Crippen LogP contribution in [0.3, 0.4) is 0 Å². The molecule has 0 aromatic heterocycles. The molecule has 0 aliphatic heterocycles. The lowest BCUT2D eigenvalue weighted by atomic mass is 10.3. The van der Waals surface area contributed by atoms with Crippen LogP contribution in [-0.4, -0.2) is 12.8 Å².